The van der Waals surface area contributed by atoms with Gasteiger partial charge >= 0.3 is 17.9 Å². The Labute approximate surface area is 225 Å². The second-order valence-corrected chi connectivity index (χ2v) is 10.8. The lowest BCUT2D eigenvalue weighted by molar-refractivity contribution is -0.156. The van der Waals surface area contributed by atoms with E-state index in [1.807, 2.05) is 20.8 Å². The molecule has 0 fully saturated rings. The molecule has 0 aromatic rings. The van der Waals surface area contributed by atoms with Gasteiger partial charge in [0.25, 0.3) is 0 Å². The van der Waals surface area contributed by atoms with Gasteiger partial charge in [-0.15, -0.1) is 0 Å². The summed E-state index contributed by atoms with van der Waals surface area (Å²) in [5.41, 5.74) is -0.806. The molecule has 0 aromatic heterocycles. The number of Topliss-reactive ketones (excluding diaryl/α,β-unsaturated/α-hetero) is 2. The average Bonchev–Trinajstić information content (AvgIpc) is 2.48. The number of hydrogen-bond donors (Lipinski definition) is 2. The second-order valence-electron chi connectivity index (χ2n) is 10.8. The zero-order valence-corrected chi connectivity index (χ0v) is 24.9. The smallest absolute Gasteiger partial charge is 0.330 e. The standard InChI is InChI=1S/C10H16O3.C6H12O2.C4H6O2.C4H10O.C3H6O.CH4/c1-7(2)8(11)6-9(12)13-10(3,4)5;1-5(7)8-6(2,3)4;1-3(2)4(5)6;1-4(2,3)5;1-3(2)4;/h1,6H2,2-5H3;1-4H3;1H2,2H3,(H,5,6);5H,1-3H3;1-2H3;1H4. The maximum Gasteiger partial charge on any atom is 0.330 e. The van der Waals surface area contributed by atoms with Crippen LogP contribution in [0.2, 0.25) is 0 Å². The first kappa shape index (κ1) is 47.4. The molecule has 9 heteroatoms. The zero-order valence-electron chi connectivity index (χ0n) is 24.9. The van der Waals surface area contributed by atoms with Gasteiger partial charge in [-0.3, -0.25) is 14.4 Å². The number of carboxylic acids is 1. The van der Waals surface area contributed by atoms with E-state index in [4.69, 9.17) is 19.7 Å². The Hall–Kier alpha value is -2.81. The predicted octanol–water partition coefficient (Wildman–Crippen LogP) is 5.87. The summed E-state index contributed by atoms with van der Waals surface area (Å²) in [5, 5.41) is 16.4. The molecule has 0 bridgehead atoms. The topological polar surface area (TPSA) is 144 Å². The number of hydrogen-bond acceptors (Lipinski definition) is 8. The number of ether oxygens (including phenoxy) is 2. The average molecular weight is 535 g/mol. The number of allylic oxidation sites excluding steroid dienone is 1. The van der Waals surface area contributed by atoms with Gasteiger partial charge in [-0.1, -0.05) is 20.6 Å². The van der Waals surface area contributed by atoms with Gasteiger partial charge in [0.15, 0.2) is 5.78 Å². The van der Waals surface area contributed by atoms with Crippen molar-refractivity contribution >= 4 is 29.5 Å². The van der Waals surface area contributed by atoms with Crippen molar-refractivity contribution in [3.63, 3.8) is 0 Å². The largest absolute Gasteiger partial charge is 0.478 e. The van der Waals surface area contributed by atoms with Crippen LogP contribution in [0.4, 0.5) is 0 Å². The molecule has 9 nitrogen and oxygen atoms in total. The highest BCUT2D eigenvalue weighted by Gasteiger charge is 2.18. The van der Waals surface area contributed by atoms with Gasteiger partial charge in [-0.05, 0) is 95.6 Å². The molecule has 0 atom stereocenters. The molecule has 0 amide bonds. The highest BCUT2D eigenvalue weighted by Crippen LogP contribution is 2.09. The lowest BCUT2D eigenvalue weighted by Gasteiger charge is -2.19. The van der Waals surface area contributed by atoms with E-state index in [-0.39, 0.29) is 42.6 Å². The molecule has 0 unspecified atom stereocenters. The molecule has 0 saturated heterocycles. The fourth-order valence-electron chi connectivity index (χ4n) is 1.09. The minimum absolute atomic E-state index is 0. The number of esters is 2. The van der Waals surface area contributed by atoms with E-state index in [9.17, 15) is 24.0 Å². The van der Waals surface area contributed by atoms with Crippen LogP contribution in [0.5, 0.6) is 0 Å². The predicted molar refractivity (Wildman–Crippen MR) is 149 cm³/mol. The number of ketones is 2. The Morgan fingerprint density at radius 3 is 1.03 bits per heavy atom. The molecule has 0 aliphatic heterocycles. The molecule has 0 aliphatic rings. The van der Waals surface area contributed by atoms with Crippen molar-refractivity contribution in [2.24, 2.45) is 0 Å². The van der Waals surface area contributed by atoms with Crippen molar-refractivity contribution in [3.8, 4) is 0 Å². The van der Waals surface area contributed by atoms with Crippen LogP contribution in [-0.4, -0.2) is 56.5 Å². The third-order valence-electron chi connectivity index (χ3n) is 2.02. The van der Waals surface area contributed by atoms with Crippen molar-refractivity contribution in [2.45, 2.75) is 128 Å². The summed E-state index contributed by atoms with van der Waals surface area (Å²) >= 11 is 0. The highest BCUT2D eigenvalue weighted by molar-refractivity contribution is 6.04. The molecule has 0 rings (SSSR count). The number of carbonyl (C=O) groups is 5. The van der Waals surface area contributed by atoms with E-state index >= 15 is 0 Å². The van der Waals surface area contributed by atoms with Crippen molar-refractivity contribution in [3.05, 3.63) is 24.3 Å². The van der Waals surface area contributed by atoms with Crippen LogP contribution >= 0.6 is 0 Å². The molecule has 0 saturated carbocycles. The van der Waals surface area contributed by atoms with Gasteiger partial charge in [-0.2, -0.15) is 0 Å². The van der Waals surface area contributed by atoms with E-state index in [0.29, 0.717) is 5.57 Å². The molecule has 2 N–H and O–H groups in total. The van der Waals surface area contributed by atoms with Crippen LogP contribution in [0.3, 0.4) is 0 Å². The maximum atomic E-state index is 11.1. The molecule has 220 valence electrons. The van der Waals surface area contributed by atoms with Gasteiger partial charge in [0.1, 0.15) is 23.4 Å². The normalized spacial score (nSPS) is 9.70. The van der Waals surface area contributed by atoms with Crippen LogP contribution in [0.15, 0.2) is 24.3 Å². The summed E-state index contributed by atoms with van der Waals surface area (Å²) in [6.07, 6.45) is -0.216. The van der Waals surface area contributed by atoms with Crippen molar-refractivity contribution in [2.75, 3.05) is 0 Å². The van der Waals surface area contributed by atoms with E-state index in [1.165, 1.54) is 27.7 Å². The minimum Gasteiger partial charge on any atom is -0.478 e. The Kier molecular flexibility index (Phi) is 28.7. The van der Waals surface area contributed by atoms with Gasteiger partial charge in [0.05, 0.1) is 5.60 Å². The second kappa shape index (κ2) is 22.4. The lowest BCUT2D eigenvalue weighted by atomic mass is 10.1. The number of aliphatic hydroxyl groups is 1. The molecular weight excluding hydrogens is 480 g/mol. The molecule has 0 aliphatic carbocycles. The highest BCUT2D eigenvalue weighted by atomic mass is 16.6. The van der Waals surface area contributed by atoms with Gasteiger partial charge in [0, 0.05) is 12.5 Å². The summed E-state index contributed by atoms with van der Waals surface area (Å²) < 4.78 is 9.76. The number of carbonyl (C=O) groups excluding carboxylic acids is 4. The molecule has 0 radical (unpaired) electrons. The molecule has 0 heterocycles. The third-order valence-corrected chi connectivity index (χ3v) is 2.02. The van der Waals surface area contributed by atoms with Crippen molar-refractivity contribution in [1.29, 1.82) is 0 Å². The molecule has 0 spiro atoms. The SMILES string of the molecule is C.C=C(C)C(=O)CC(=O)OC(C)(C)C.C=C(C)C(=O)O.CC(=O)OC(C)(C)C.CC(C)(C)O.CC(C)=O. The third kappa shape index (κ3) is 87.7. The van der Waals surface area contributed by atoms with Crippen molar-refractivity contribution < 1.29 is 43.7 Å². The van der Waals surface area contributed by atoms with Crippen LogP contribution < -0.4 is 0 Å². The zero-order chi connectivity index (χ0) is 30.7. The Morgan fingerprint density at radius 1 is 0.676 bits per heavy atom. The number of rotatable bonds is 4. The van der Waals surface area contributed by atoms with E-state index in [0.717, 1.165) is 0 Å². The lowest BCUT2D eigenvalue weighted by Crippen LogP contribution is -2.25. The summed E-state index contributed by atoms with van der Waals surface area (Å²) in [5.74, 6) is -1.76. The monoisotopic (exact) mass is 534 g/mol. The van der Waals surface area contributed by atoms with E-state index in [2.05, 4.69) is 13.2 Å². The first-order chi connectivity index (χ1) is 15.5. The summed E-state index contributed by atoms with van der Waals surface area (Å²) in [6.45, 7) is 30.1. The van der Waals surface area contributed by atoms with E-state index < -0.39 is 23.1 Å². The van der Waals surface area contributed by atoms with Crippen LogP contribution in [0.25, 0.3) is 0 Å². The first-order valence-corrected chi connectivity index (χ1v) is 11.2. The molecule has 0 aromatic carbocycles. The van der Waals surface area contributed by atoms with Gasteiger partial charge < -0.3 is 24.5 Å². The Balaban J connectivity index is -0.0000000867. The fraction of sp³-hybridized carbons (Fsp3) is 0.679. The number of aliphatic carboxylic acids is 1. The van der Waals surface area contributed by atoms with Gasteiger partial charge in [0.2, 0.25) is 0 Å². The van der Waals surface area contributed by atoms with Crippen molar-refractivity contribution in [1.82, 2.24) is 0 Å². The first-order valence-electron chi connectivity index (χ1n) is 11.2. The van der Waals surface area contributed by atoms with Gasteiger partial charge in [-0.25, -0.2) is 4.79 Å². The molecule has 37 heavy (non-hydrogen) atoms. The number of carboxylic acid groups (broad SMARTS) is 1. The summed E-state index contributed by atoms with van der Waals surface area (Å²) in [4.78, 5) is 51.4. The Bertz CT molecular complexity index is 704. The van der Waals surface area contributed by atoms with E-state index in [1.54, 1.807) is 48.5 Å². The van der Waals surface area contributed by atoms with Crippen LogP contribution in [-0.2, 0) is 33.4 Å². The van der Waals surface area contributed by atoms with Crippen LogP contribution in [0.1, 0.15) is 111 Å². The summed E-state index contributed by atoms with van der Waals surface area (Å²) in [7, 11) is 0. The quantitative estimate of drug-likeness (QED) is 0.257. The summed E-state index contributed by atoms with van der Waals surface area (Å²) in [6, 6.07) is 0. The Morgan fingerprint density at radius 2 is 0.919 bits per heavy atom. The minimum atomic E-state index is -0.935. The maximum absolute atomic E-state index is 11.1. The fourth-order valence-corrected chi connectivity index (χ4v) is 1.09. The molecular formula is C28H54O9. The van der Waals surface area contributed by atoms with Crippen LogP contribution in [0, 0.1) is 0 Å².